The Balaban J connectivity index is 1.94. The van der Waals surface area contributed by atoms with Gasteiger partial charge >= 0.3 is 5.97 Å². The van der Waals surface area contributed by atoms with Crippen LogP contribution in [0.15, 0.2) is 18.5 Å². The van der Waals surface area contributed by atoms with Crippen LogP contribution in [0, 0.1) is 5.92 Å². The lowest BCUT2D eigenvalue weighted by atomic mass is 9.78. The molecule has 4 nitrogen and oxygen atoms in total. The molecule has 2 heterocycles. The highest BCUT2D eigenvalue weighted by molar-refractivity contribution is 5.94. The van der Waals surface area contributed by atoms with Crippen molar-refractivity contribution in [2.45, 2.75) is 44.6 Å². The van der Waals surface area contributed by atoms with E-state index in [-0.39, 0.29) is 0 Å². The number of pyridine rings is 1. The molecule has 0 bridgehead atoms. The predicted octanol–water partition coefficient (Wildman–Crippen LogP) is 2.94. The van der Waals surface area contributed by atoms with Crippen molar-refractivity contribution in [1.29, 1.82) is 0 Å². The Hall–Kier alpha value is -1.58. The summed E-state index contributed by atoms with van der Waals surface area (Å²) in [6.07, 6.45) is 10.7. The number of carbonyl (C=O) groups is 1. The smallest absolute Gasteiger partial charge is 0.339 e. The standard InChI is InChI=1S/C15H20N2O2/c18-15(19)12-10-16-8-7-14(12)17-9-3-5-11-4-1-2-6-13(11)17/h7-8,10-11,13H,1-6,9H2,(H,18,19)/t11-,13-/m1/s1. The number of aromatic nitrogens is 1. The maximum atomic E-state index is 11.4. The molecule has 0 amide bonds. The van der Waals surface area contributed by atoms with Crippen LogP contribution in [0.25, 0.3) is 0 Å². The summed E-state index contributed by atoms with van der Waals surface area (Å²) in [5.74, 6) is -0.127. The highest BCUT2D eigenvalue weighted by atomic mass is 16.4. The molecule has 1 aromatic heterocycles. The van der Waals surface area contributed by atoms with Gasteiger partial charge in [0.05, 0.1) is 5.69 Å². The average molecular weight is 260 g/mol. The third-order valence-electron chi connectivity index (χ3n) is 4.58. The van der Waals surface area contributed by atoms with Gasteiger partial charge in [0, 0.05) is 25.0 Å². The molecule has 1 aliphatic carbocycles. The van der Waals surface area contributed by atoms with Gasteiger partial charge in [-0.15, -0.1) is 0 Å². The Labute approximate surface area is 113 Å². The minimum Gasteiger partial charge on any atom is -0.478 e. The van der Waals surface area contributed by atoms with E-state index in [1.807, 2.05) is 6.07 Å². The summed E-state index contributed by atoms with van der Waals surface area (Å²) in [5, 5.41) is 9.33. The van der Waals surface area contributed by atoms with Crippen molar-refractivity contribution in [3.63, 3.8) is 0 Å². The van der Waals surface area contributed by atoms with E-state index in [9.17, 15) is 9.90 Å². The average Bonchev–Trinajstić information content (AvgIpc) is 2.46. The van der Waals surface area contributed by atoms with Gasteiger partial charge in [0.1, 0.15) is 5.56 Å². The molecule has 1 aromatic rings. The first-order valence-corrected chi connectivity index (χ1v) is 7.21. The van der Waals surface area contributed by atoms with Crippen molar-refractivity contribution in [2.24, 2.45) is 5.92 Å². The topological polar surface area (TPSA) is 53.4 Å². The molecule has 0 spiro atoms. The van der Waals surface area contributed by atoms with Crippen LogP contribution in [0.2, 0.25) is 0 Å². The van der Waals surface area contributed by atoms with E-state index in [4.69, 9.17) is 0 Å². The second-order valence-electron chi connectivity index (χ2n) is 5.65. The SMILES string of the molecule is O=C(O)c1cnccc1N1CCC[C@H]2CCCC[C@H]21. The number of hydrogen-bond acceptors (Lipinski definition) is 3. The fraction of sp³-hybridized carbons (Fsp3) is 0.600. The van der Waals surface area contributed by atoms with E-state index < -0.39 is 5.97 Å². The molecular weight excluding hydrogens is 240 g/mol. The third kappa shape index (κ3) is 2.31. The van der Waals surface area contributed by atoms with Crippen molar-refractivity contribution >= 4 is 11.7 Å². The molecule has 102 valence electrons. The van der Waals surface area contributed by atoms with Crippen LogP contribution in [-0.4, -0.2) is 28.6 Å². The van der Waals surface area contributed by atoms with Crippen molar-refractivity contribution in [3.05, 3.63) is 24.0 Å². The van der Waals surface area contributed by atoms with Gasteiger partial charge in [-0.1, -0.05) is 12.8 Å². The van der Waals surface area contributed by atoms with E-state index in [2.05, 4.69) is 9.88 Å². The minimum atomic E-state index is -0.874. The molecule has 0 unspecified atom stereocenters. The first kappa shape index (κ1) is 12.5. The molecule has 0 radical (unpaired) electrons. The lowest BCUT2D eigenvalue weighted by Gasteiger charge is -2.45. The zero-order valence-electron chi connectivity index (χ0n) is 11.1. The number of nitrogens with zero attached hydrogens (tertiary/aromatic N) is 2. The van der Waals surface area contributed by atoms with Crippen molar-refractivity contribution < 1.29 is 9.90 Å². The zero-order chi connectivity index (χ0) is 13.2. The summed E-state index contributed by atoms with van der Waals surface area (Å²) in [6, 6.07) is 2.39. The second kappa shape index (κ2) is 5.19. The Morgan fingerprint density at radius 2 is 2.05 bits per heavy atom. The molecule has 2 fully saturated rings. The van der Waals surface area contributed by atoms with Gasteiger partial charge in [-0.3, -0.25) is 4.98 Å². The third-order valence-corrected chi connectivity index (χ3v) is 4.58. The summed E-state index contributed by atoms with van der Waals surface area (Å²) in [5.41, 5.74) is 1.20. The number of aromatic carboxylic acids is 1. The Bertz CT molecular complexity index is 473. The van der Waals surface area contributed by atoms with Gasteiger partial charge in [-0.25, -0.2) is 4.79 Å². The lowest BCUT2D eigenvalue weighted by Crippen LogP contribution is -2.47. The fourth-order valence-electron chi connectivity index (χ4n) is 3.73. The molecule has 1 N–H and O–H groups in total. The Morgan fingerprint density at radius 1 is 1.26 bits per heavy atom. The summed E-state index contributed by atoms with van der Waals surface area (Å²) in [7, 11) is 0. The van der Waals surface area contributed by atoms with E-state index in [0.717, 1.165) is 18.2 Å². The Kier molecular flexibility index (Phi) is 3.40. The van der Waals surface area contributed by atoms with E-state index >= 15 is 0 Å². The summed E-state index contributed by atoms with van der Waals surface area (Å²) in [6.45, 7) is 0.978. The summed E-state index contributed by atoms with van der Waals surface area (Å²) >= 11 is 0. The predicted molar refractivity (Wildman–Crippen MR) is 73.5 cm³/mol. The van der Waals surface area contributed by atoms with Crippen molar-refractivity contribution in [1.82, 2.24) is 4.98 Å². The van der Waals surface area contributed by atoms with Gasteiger partial charge in [-0.2, -0.15) is 0 Å². The molecule has 4 heteroatoms. The first-order valence-electron chi connectivity index (χ1n) is 7.21. The van der Waals surface area contributed by atoms with Gasteiger partial charge in [-0.05, 0) is 37.7 Å². The number of piperidine rings is 1. The minimum absolute atomic E-state index is 0.341. The quantitative estimate of drug-likeness (QED) is 0.888. The van der Waals surface area contributed by atoms with E-state index in [1.54, 1.807) is 6.20 Å². The molecule has 2 atom stereocenters. The molecule has 0 aromatic carbocycles. The number of hydrogen-bond donors (Lipinski definition) is 1. The van der Waals surface area contributed by atoms with E-state index in [1.165, 1.54) is 44.7 Å². The molecule has 2 aliphatic rings. The zero-order valence-corrected chi connectivity index (χ0v) is 11.1. The van der Waals surface area contributed by atoms with Crippen LogP contribution >= 0.6 is 0 Å². The molecule has 3 rings (SSSR count). The van der Waals surface area contributed by atoms with Crippen LogP contribution in [0.4, 0.5) is 5.69 Å². The maximum absolute atomic E-state index is 11.4. The molecule has 19 heavy (non-hydrogen) atoms. The normalized spacial score (nSPS) is 26.8. The summed E-state index contributed by atoms with van der Waals surface area (Å²) < 4.78 is 0. The van der Waals surface area contributed by atoms with Crippen LogP contribution in [0.1, 0.15) is 48.9 Å². The molecular formula is C15H20N2O2. The van der Waals surface area contributed by atoms with Gasteiger partial charge in [0.15, 0.2) is 0 Å². The van der Waals surface area contributed by atoms with Crippen molar-refractivity contribution in [3.8, 4) is 0 Å². The maximum Gasteiger partial charge on any atom is 0.339 e. The number of rotatable bonds is 2. The lowest BCUT2D eigenvalue weighted by molar-refractivity contribution is 0.0696. The van der Waals surface area contributed by atoms with E-state index in [0.29, 0.717) is 11.6 Å². The van der Waals surface area contributed by atoms with Gasteiger partial charge in [0.2, 0.25) is 0 Å². The van der Waals surface area contributed by atoms with Crippen LogP contribution in [0.3, 0.4) is 0 Å². The van der Waals surface area contributed by atoms with Crippen molar-refractivity contribution in [2.75, 3.05) is 11.4 Å². The Morgan fingerprint density at radius 3 is 2.89 bits per heavy atom. The van der Waals surface area contributed by atoms with Crippen LogP contribution in [0.5, 0.6) is 0 Å². The second-order valence-corrected chi connectivity index (χ2v) is 5.65. The number of carboxylic acids is 1. The largest absolute Gasteiger partial charge is 0.478 e. The monoisotopic (exact) mass is 260 g/mol. The molecule has 1 aliphatic heterocycles. The number of carboxylic acid groups (broad SMARTS) is 1. The number of anilines is 1. The van der Waals surface area contributed by atoms with Gasteiger partial charge in [0.25, 0.3) is 0 Å². The van der Waals surface area contributed by atoms with Crippen LogP contribution in [-0.2, 0) is 0 Å². The van der Waals surface area contributed by atoms with Crippen LogP contribution < -0.4 is 4.90 Å². The highest BCUT2D eigenvalue weighted by Gasteiger charge is 2.34. The first-order chi connectivity index (χ1) is 9.27. The summed E-state index contributed by atoms with van der Waals surface area (Å²) in [4.78, 5) is 17.6. The molecule has 1 saturated carbocycles. The number of fused-ring (bicyclic) bond motifs is 1. The highest BCUT2D eigenvalue weighted by Crippen LogP contribution is 2.38. The fourth-order valence-corrected chi connectivity index (χ4v) is 3.73. The molecule has 1 saturated heterocycles. The van der Waals surface area contributed by atoms with Gasteiger partial charge < -0.3 is 10.0 Å².